The minimum Gasteiger partial charge on any atom is -0.310 e. The summed E-state index contributed by atoms with van der Waals surface area (Å²) in [6.45, 7) is 16.6. The van der Waals surface area contributed by atoms with Gasteiger partial charge in [0.25, 0.3) is 0 Å². The third-order valence-corrected chi connectivity index (χ3v) is 10.7. The fraction of sp³-hybridized carbons (Fsp3) is 0.220. The fourth-order valence-corrected chi connectivity index (χ4v) is 7.88. The van der Waals surface area contributed by atoms with Gasteiger partial charge in [-0.2, -0.15) is 0 Å². The molecule has 7 rings (SSSR count). The van der Waals surface area contributed by atoms with Gasteiger partial charge >= 0.3 is 0 Å². The van der Waals surface area contributed by atoms with Gasteiger partial charge in [0.05, 0.1) is 8.07 Å². The molecule has 2 aliphatic rings. The zero-order valence-electron chi connectivity index (χ0n) is 26.5. The van der Waals surface area contributed by atoms with Gasteiger partial charge in [0.2, 0.25) is 0 Å². The van der Waals surface area contributed by atoms with Crippen molar-refractivity contribution in [3.8, 4) is 22.3 Å². The lowest BCUT2D eigenvalue weighted by Crippen LogP contribution is -2.18. The molecule has 43 heavy (non-hydrogen) atoms. The second-order valence-electron chi connectivity index (χ2n) is 14.4. The Hall–Kier alpha value is -4.14. The molecule has 0 spiro atoms. The predicted molar refractivity (Wildman–Crippen MR) is 189 cm³/mol. The second kappa shape index (κ2) is 9.69. The highest BCUT2D eigenvalue weighted by Crippen LogP contribution is 2.52. The quantitative estimate of drug-likeness (QED) is 0.188. The van der Waals surface area contributed by atoms with Crippen LogP contribution < -0.4 is 4.90 Å². The Balaban J connectivity index is 1.38. The van der Waals surface area contributed by atoms with E-state index in [2.05, 4.69) is 173 Å². The lowest BCUT2D eigenvalue weighted by Gasteiger charge is -2.29. The van der Waals surface area contributed by atoms with E-state index in [1.54, 1.807) is 0 Å². The van der Waals surface area contributed by atoms with E-state index < -0.39 is 8.07 Å². The maximum atomic E-state index is 2.45. The Morgan fingerprint density at radius 1 is 0.488 bits per heavy atom. The Morgan fingerprint density at radius 3 is 1.37 bits per heavy atom. The molecule has 0 atom stereocenters. The van der Waals surface area contributed by atoms with Crippen LogP contribution in [0.4, 0.5) is 17.1 Å². The summed E-state index contributed by atoms with van der Waals surface area (Å²) < 4.78 is 0. The number of nitrogens with zero attached hydrogens (tertiary/aromatic N) is 1. The molecule has 0 saturated carbocycles. The van der Waals surface area contributed by atoms with E-state index >= 15 is 0 Å². The highest BCUT2D eigenvalue weighted by molar-refractivity contribution is 6.81. The standard InChI is InChI=1S/C41H41NSi/c1-40(2)36-14-10-8-12-32(36)34-22-20-30(26-38(34)40)42(29-18-16-28(17-19-29)24-25-43(5,6)7)31-21-23-35-33-13-9-11-15-37(33)41(3,4)39(35)27-31/h8-27H,1-7H3. The van der Waals surface area contributed by atoms with Crippen molar-refractivity contribution in [3.05, 3.63) is 143 Å². The van der Waals surface area contributed by atoms with Crippen LogP contribution in [0.3, 0.4) is 0 Å². The first kappa shape index (κ1) is 27.7. The Morgan fingerprint density at radius 2 is 0.907 bits per heavy atom. The summed E-state index contributed by atoms with van der Waals surface area (Å²) in [5, 5.41) is 0. The molecule has 0 aromatic heterocycles. The average Bonchev–Trinajstić information content (AvgIpc) is 3.36. The first-order chi connectivity index (χ1) is 20.4. The largest absolute Gasteiger partial charge is 0.310 e. The molecular formula is C41H41NSi. The van der Waals surface area contributed by atoms with Gasteiger partial charge in [-0.05, 0) is 86.5 Å². The van der Waals surface area contributed by atoms with Crippen molar-refractivity contribution in [2.24, 2.45) is 0 Å². The summed E-state index contributed by atoms with van der Waals surface area (Å²) in [6.07, 6.45) is 2.30. The summed E-state index contributed by atoms with van der Waals surface area (Å²) in [5.41, 5.74) is 18.1. The van der Waals surface area contributed by atoms with Crippen LogP contribution in [0.1, 0.15) is 55.5 Å². The van der Waals surface area contributed by atoms with Crippen molar-refractivity contribution in [1.82, 2.24) is 0 Å². The maximum Gasteiger partial charge on any atom is 0.0687 e. The van der Waals surface area contributed by atoms with Crippen LogP contribution in [0, 0.1) is 0 Å². The van der Waals surface area contributed by atoms with Gasteiger partial charge in [0.15, 0.2) is 0 Å². The first-order valence-electron chi connectivity index (χ1n) is 15.5. The molecule has 214 valence electrons. The van der Waals surface area contributed by atoms with Crippen LogP contribution in [-0.2, 0) is 10.8 Å². The molecule has 0 fully saturated rings. The van der Waals surface area contributed by atoms with Crippen molar-refractivity contribution in [3.63, 3.8) is 0 Å². The van der Waals surface area contributed by atoms with E-state index in [1.807, 2.05) is 0 Å². The third-order valence-electron chi connectivity index (χ3n) is 9.58. The Kier molecular flexibility index (Phi) is 6.24. The van der Waals surface area contributed by atoms with E-state index in [4.69, 9.17) is 0 Å². The van der Waals surface area contributed by atoms with Crippen molar-refractivity contribution < 1.29 is 0 Å². The van der Waals surface area contributed by atoms with Crippen molar-refractivity contribution in [2.45, 2.75) is 58.2 Å². The van der Waals surface area contributed by atoms with E-state index in [0.29, 0.717) is 0 Å². The number of hydrogen-bond acceptors (Lipinski definition) is 1. The van der Waals surface area contributed by atoms with E-state index in [-0.39, 0.29) is 10.8 Å². The molecule has 0 radical (unpaired) electrons. The molecule has 1 nitrogen and oxygen atoms in total. The van der Waals surface area contributed by atoms with Gasteiger partial charge in [0.1, 0.15) is 0 Å². The van der Waals surface area contributed by atoms with E-state index in [0.717, 1.165) is 0 Å². The summed E-state index contributed by atoms with van der Waals surface area (Å²) in [5.74, 6) is 0. The van der Waals surface area contributed by atoms with Crippen LogP contribution >= 0.6 is 0 Å². The molecule has 0 amide bonds. The van der Waals surface area contributed by atoms with Gasteiger partial charge in [-0.3, -0.25) is 0 Å². The summed E-state index contributed by atoms with van der Waals surface area (Å²) in [4.78, 5) is 2.45. The number of anilines is 3. The average molecular weight is 576 g/mol. The van der Waals surface area contributed by atoms with Crippen LogP contribution in [0.15, 0.2) is 115 Å². The van der Waals surface area contributed by atoms with Gasteiger partial charge < -0.3 is 4.90 Å². The molecule has 0 unspecified atom stereocenters. The van der Waals surface area contributed by atoms with Crippen LogP contribution in [0.5, 0.6) is 0 Å². The van der Waals surface area contributed by atoms with Crippen molar-refractivity contribution >= 4 is 31.2 Å². The monoisotopic (exact) mass is 575 g/mol. The normalized spacial score (nSPS) is 15.6. The fourth-order valence-electron chi connectivity index (χ4n) is 7.19. The summed E-state index contributed by atoms with van der Waals surface area (Å²) in [7, 11) is -1.27. The first-order valence-corrected chi connectivity index (χ1v) is 19.1. The topological polar surface area (TPSA) is 3.24 Å². The molecule has 0 saturated heterocycles. The number of fused-ring (bicyclic) bond motifs is 6. The van der Waals surface area contributed by atoms with Crippen molar-refractivity contribution in [2.75, 3.05) is 4.90 Å². The van der Waals surface area contributed by atoms with Crippen LogP contribution in [0.25, 0.3) is 28.3 Å². The molecule has 2 heteroatoms. The SMILES string of the molecule is CC1(C)c2ccccc2-c2ccc(N(c3ccc(C=C[Si](C)(C)C)cc3)c3ccc4c(c3)C(C)(C)c3ccccc3-4)cc21. The van der Waals surface area contributed by atoms with Gasteiger partial charge in [-0.1, -0.05) is 132 Å². The molecule has 0 N–H and O–H groups in total. The predicted octanol–water partition coefficient (Wildman–Crippen LogP) is 11.7. The maximum absolute atomic E-state index is 2.45. The lowest BCUT2D eigenvalue weighted by molar-refractivity contribution is 0.660. The molecule has 2 aliphatic carbocycles. The van der Waals surface area contributed by atoms with Gasteiger partial charge in [-0.15, -0.1) is 0 Å². The molecular weight excluding hydrogens is 535 g/mol. The Labute approximate surface area is 258 Å². The molecule has 0 aliphatic heterocycles. The van der Waals surface area contributed by atoms with E-state index in [9.17, 15) is 0 Å². The van der Waals surface area contributed by atoms with Gasteiger partial charge in [-0.25, -0.2) is 0 Å². The summed E-state index contributed by atoms with van der Waals surface area (Å²) in [6, 6.07) is 41.0. The zero-order valence-corrected chi connectivity index (χ0v) is 27.5. The summed E-state index contributed by atoms with van der Waals surface area (Å²) >= 11 is 0. The molecule has 0 bridgehead atoms. The smallest absolute Gasteiger partial charge is 0.0687 e. The zero-order chi connectivity index (χ0) is 30.1. The highest BCUT2D eigenvalue weighted by atomic mass is 28.3. The molecule has 5 aromatic rings. The number of benzene rings is 5. The second-order valence-corrected chi connectivity index (χ2v) is 19.5. The minimum absolute atomic E-state index is 0.0549. The number of hydrogen-bond donors (Lipinski definition) is 0. The van der Waals surface area contributed by atoms with E-state index in [1.165, 1.54) is 67.1 Å². The lowest BCUT2D eigenvalue weighted by atomic mass is 9.82. The highest BCUT2D eigenvalue weighted by Gasteiger charge is 2.37. The van der Waals surface area contributed by atoms with Crippen molar-refractivity contribution in [1.29, 1.82) is 0 Å². The number of rotatable bonds is 5. The molecule has 0 heterocycles. The minimum atomic E-state index is -1.27. The van der Waals surface area contributed by atoms with Crippen LogP contribution in [0.2, 0.25) is 19.6 Å². The Bertz CT molecular complexity index is 1790. The van der Waals surface area contributed by atoms with Crippen LogP contribution in [-0.4, -0.2) is 8.07 Å². The molecule has 5 aromatic carbocycles. The third kappa shape index (κ3) is 4.51. The van der Waals surface area contributed by atoms with Gasteiger partial charge in [0, 0.05) is 27.9 Å².